The highest BCUT2D eigenvalue weighted by Gasteiger charge is 2.28. The molecular formula is C18H28F4IN5. The summed E-state index contributed by atoms with van der Waals surface area (Å²) in [7, 11) is 3.17. The third-order valence-electron chi connectivity index (χ3n) is 4.43. The second kappa shape index (κ2) is 11.6. The van der Waals surface area contributed by atoms with Gasteiger partial charge in [-0.05, 0) is 44.3 Å². The maximum atomic E-state index is 13.0. The molecule has 1 aromatic rings. The molecule has 0 atom stereocenters. The molecule has 1 heterocycles. The van der Waals surface area contributed by atoms with E-state index in [-0.39, 0.29) is 29.8 Å². The monoisotopic (exact) mass is 517 g/mol. The van der Waals surface area contributed by atoms with Gasteiger partial charge in [0.05, 0.1) is 6.54 Å². The third-order valence-corrected chi connectivity index (χ3v) is 4.43. The van der Waals surface area contributed by atoms with Crippen LogP contribution in [0.4, 0.5) is 23.2 Å². The van der Waals surface area contributed by atoms with Crippen LogP contribution in [0.15, 0.2) is 29.3 Å². The maximum Gasteiger partial charge on any atom is 0.401 e. The molecule has 0 aromatic heterocycles. The van der Waals surface area contributed by atoms with Crippen molar-refractivity contribution in [3.63, 3.8) is 0 Å². The van der Waals surface area contributed by atoms with Crippen LogP contribution in [-0.2, 0) is 0 Å². The summed E-state index contributed by atoms with van der Waals surface area (Å²) in [5.41, 5.74) is 0.992. The Morgan fingerprint density at radius 1 is 1.14 bits per heavy atom. The number of piperazine rings is 1. The Morgan fingerprint density at radius 3 is 2.29 bits per heavy atom. The number of guanidine groups is 1. The number of hydrogen-bond donors (Lipinski definition) is 1. The van der Waals surface area contributed by atoms with Crippen LogP contribution in [0.2, 0.25) is 0 Å². The lowest BCUT2D eigenvalue weighted by Crippen LogP contribution is -2.52. The normalized spacial score (nSPS) is 15.6. The van der Waals surface area contributed by atoms with E-state index in [2.05, 4.69) is 20.1 Å². The van der Waals surface area contributed by atoms with Crippen molar-refractivity contribution in [3.05, 3.63) is 30.1 Å². The van der Waals surface area contributed by atoms with Crippen LogP contribution < -0.4 is 10.2 Å². The molecule has 2 rings (SSSR count). The fourth-order valence-electron chi connectivity index (χ4n) is 3.09. The number of halogens is 5. The van der Waals surface area contributed by atoms with Gasteiger partial charge in [0.25, 0.3) is 0 Å². The van der Waals surface area contributed by atoms with Gasteiger partial charge in [-0.3, -0.25) is 9.89 Å². The summed E-state index contributed by atoms with van der Waals surface area (Å²) in [5, 5.41) is 3.22. The first kappa shape index (κ1) is 24.7. The fourth-order valence-corrected chi connectivity index (χ4v) is 3.09. The summed E-state index contributed by atoms with van der Waals surface area (Å²) < 4.78 is 50.0. The highest BCUT2D eigenvalue weighted by Crippen LogP contribution is 2.17. The number of rotatable bonds is 6. The van der Waals surface area contributed by atoms with E-state index in [1.807, 2.05) is 0 Å². The average molecular weight is 517 g/mol. The molecular weight excluding hydrogens is 489 g/mol. The van der Waals surface area contributed by atoms with Gasteiger partial charge in [0.1, 0.15) is 5.82 Å². The van der Waals surface area contributed by atoms with E-state index >= 15 is 0 Å². The van der Waals surface area contributed by atoms with E-state index < -0.39 is 12.7 Å². The van der Waals surface area contributed by atoms with E-state index in [1.165, 1.54) is 24.1 Å². The molecule has 1 aromatic carbocycles. The Labute approximate surface area is 180 Å². The smallest absolute Gasteiger partial charge is 0.368 e. The second-order valence-electron chi connectivity index (χ2n) is 6.63. The van der Waals surface area contributed by atoms with Crippen molar-refractivity contribution < 1.29 is 17.6 Å². The number of benzene rings is 1. The summed E-state index contributed by atoms with van der Waals surface area (Å²) in [6.07, 6.45) is -3.57. The largest absolute Gasteiger partial charge is 0.401 e. The van der Waals surface area contributed by atoms with Crippen molar-refractivity contribution in [1.82, 2.24) is 15.1 Å². The minimum atomic E-state index is -4.16. The quantitative estimate of drug-likeness (QED) is 0.207. The Kier molecular flexibility index (Phi) is 10.3. The van der Waals surface area contributed by atoms with Gasteiger partial charge in [0, 0.05) is 45.5 Å². The molecule has 1 fully saturated rings. The molecule has 0 saturated carbocycles. The van der Waals surface area contributed by atoms with Crippen molar-refractivity contribution in [2.75, 3.05) is 64.8 Å². The molecule has 0 bridgehead atoms. The van der Waals surface area contributed by atoms with Crippen molar-refractivity contribution in [2.24, 2.45) is 4.99 Å². The van der Waals surface area contributed by atoms with Gasteiger partial charge >= 0.3 is 6.18 Å². The summed E-state index contributed by atoms with van der Waals surface area (Å²) in [6, 6.07) is 6.46. The predicted octanol–water partition coefficient (Wildman–Crippen LogP) is 3.03. The Hall–Kier alpha value is -1.30. The molecule has 0 unspecified atom stereocenters. The minimum absolute atomic E-state index is 0. The first-order chi connectivity index (χ1) is 12.8. The SMILES string of the molecule is CN=C(NCCCN(C)CC(F)(F)F)N1CCN(c2ccc(F)cc2)CC1.I. The lowest BCUT2D eigenvalue weighted by Gasteiger charge is -2.37. The number of alkyl halides is 3. The molecule has 10 heteroatoms. The maximum absolute atomic E-state index is 13.0. The van der Waals surface area contributed by atoms with Crippen molar-refractivity contribution in [3.8, 4) is 0 Å². The second-order valence-corrected chi connectivity index (χ2v) is 6.63. The average Bonchev–Trinajstić information content (AvgIpc) is 2.61. The zero-order chi connectivity index (χ0) is 19.9. The highest BCUT2D eigenvalue weighted by atomic mass is 127. The molecule has 28 heavy (non-hydrogen) atoms. The van der Waals surface area contributed by atoms with Crippen LogP contribution in [0, 0.1) is 5.82 Å². The minimum Gasteiger partial charge on any atom is -0.368 e. The van der Waals surface area contributed by atoms with Gasteiger partial charge in [-0.2, -0.15) is 13.2 Å². The Balaban J connectivity index is 0.00000392. The number of anilines is 1. The van der Waals surface area contributed by atoms with E-state index in [9.17, 15) is 17.6 Å². The van der Waals surface area contributed by atoms with Crippen LogP contribution in [0.25, 0.3) is 0 Å². The molecule has 1 aliphatic heterocycles. The van der Waals surface area contributed by atoms with Crippen LogP contribution in [0.1, 0.15) is 6.42 Å². The zero-order valence-electron chi connectivity index (χ0n) is 16.2. The molecule has 160 valence electrons. The molecule has 0 amide bonds. The predicted molar refractivity (Wildman–Crippen MR) is 115 cm³/mol. The molecule has 1 saturated heterocycles. The van der Waals surface area contributed by atoms with Crippen LogP contribution in [0.5, 0.6) is 0 Å². The van der Waals surface area contributed by atoms with Crippen molar-refractivity contribution >= 4 is 35.6 Å². The lowest BCUT2D eigenvalue weighted by atomic mass is 10.2. The standard InChI is InChI=1S/C18H27F4N5.HI/c1-23-17(24-8-3-9-25(2)14-18(20,21)22)27-12-10-26(11-13-27)16-6-4-15(19)5-7-16;/h4-7H,3,8-14H2,1-2H3,(H,23,24);1H. The molecule has 0 radical (unpaired) electrons. The van der Waals surface area contributed by atoms with Crippen LogP contribution in [0.3, 0.4) is 0 Å². The summed E-state index contributed by atoms with van der Waals surface area (Å²) in [4.78, 5) is 9.85. The molecule has 0 aliphatic carbocycles. The van der Waals surface area contributed by atoms with Crippen LogP contribution >= 0.6 is 24.0 Å². The first-order valence-corrected chi connectivity index (χ1v) is 9.00. The van der Waals surface area contributed by atoms with Gasteiger partial charge in [0.2, 0.25) is 0 Å². The molecule has 5 nitrogen and oxygen atoms in total. The Morgan fingerprint density at radius 2 is 1.75 bits per heavy atom. The first-order valence-electron chi connectivity index (χ1n) is 9.00. The van der Waals surface area contributed by atoms with Gasteiger partial charge in [-0.15, -0.1) is 24.0 Å². The van der Waals surface area contributed by atoms with Crippen molar-refractivity contribution in [2.45, 2.75) is 12.6 Å². The van der Waals surface area contributed by atoms with Gasteiger partial charge in [0.15, 0.2) is 5.96 Å². The zero-order valence-corrected chi connectivity index (χ0v) is 18.5. The van der Waals surface area contributed by atoms with Gasteiger partial charge < -0.3 is 15.1 Å². The third kappa shape index (κ3) is 8.38. The molecule has 1 N–H and O–H groups in total. The fraction of sp³-hybridized carbons (Fsp3) is 0.611. The van der Waals surface area contributed by atoms with Gasteiger partial charge in [-0.25, -0.2) is 4.39 Å². The number of nitrogens with one attached hydrogen (secondary N) is 1. The summed E-state index contributed by atoms with van der Waals surface area (Å²) in [5.74, 6) is 0.509. The number of hydrogen-bond acceptors (Lipinski definition) is 3. The number of nitrogens with zero attached hydrogens (tertiary/aromatic N) is 4. The summed E-state index contributed by atoms with van der Waals surface area (Å²) >= 11 is 0. The number of aliphatic imine (C=N–C) groups is 1. The van der Waals surface area contributed by atoms with Crippen molar-refractivity contribution in [1.29, 1.82) is 0 Å². The molecule has 1 aliphatic rings. The van der Waals surface area contributed by atoms with E-state index in [4.69, 9.17) is 0 Å². The Bertz CT molecular complexity index is 601. The summed E-state index contributed by atoms with van der Waals surface area (Å²) in [6.45, 7) is 3.15. The molecule has 0 spiro atoms. The van der Waals surface area contributed by atoms with Crippen LogP contribution in [-0.4, -0.2) is 81.8 Å². The topological polar surface area (TPSA) is 34.1 Å². The van der Waals surface area contributed by atoms with Gasteiger partial charge in [-0.1, -0.05) is 0 Å². The van der Waals surface area contributed by atoms with E-state index in [1.54, 1.807) is 19.2 Å². The highest BCUT2D eigenvalue weighted by molar-refractivity contribution is 14.0. The lowest BCUT2D eigenvalue weighted by molar-refractivity contribution is -0.143. The van der Waals surface area contributed by atoms with E-state index in [0.717, 1.165) is 37.8 Å². The van der Waals surface area contributed by atoms with E-state index in [0.29, 0.717) is 19.5 Å².